The fourth-order valence-corrected chi connectivity index (χ4v) is 5.35. The summed E-state index contributed by atoms with van der Waals surface area (Å²) in [5.41, 5.74) is 3.41. The van der Waals surface area contributed by atoms with E-state index in [9.17, 15) is 4.79 Å². The third-order valence-corrected chi connectivity index (χ3v) is 7.29. The highest BCUT2D eigenvalue weighted by atomic mass is 32.1. The Kier molecular flexibility index (Phi) is 5.38. The number of aromatic amines is 1. The first-order valence-corrected chi connectivity index (χ1v) is 11.5. The van der Waals surface area contributed by atoms with Crippen molar-refractivity contribution in [2.45, 2.75) is 31.7 Å². The Hall–Kier alpha value is -2.90. The van der Waals surface area contributed by atoms with E-state index in [1.165, 1.54) is 22.3 Å². The molecule has 2 aromatic carbocycles. The quantitative estimate of drug-likeness (QED) is 0.464. The van der Waals surface area contributed by atoms with Crippen LogP contribution in [0.25, 0.3) is 21.1 Å². The zero-order chi connectivity index (χ0) is 21.4. The fourth-order valence-electron chi connectivity index (χ4n) is 4.49. The zero-order valence-electron chi connectivity index (χ0n) is 17.7. The van der Waals surface area contributed by atoms with Gasteiger partial charge in [-0.25, -0.2) is 4.98 Å². The van der Waals surface area contributed by atoms with Crippen LogP contribution in [0, 0.1) is 0 Å². The molecule has 4 aromatic rings. The largest absolute Gasteiger partial charge is 0.497 e. The summed E-state index contributed by atoms with van der Waals surface area (Å²) < 4.78 is 6.49. The molecular formula is C24H26N4O2S. The lowest BCUT2D eigenvalue weighted by molar-refractivity contribution is -0.121. The number of carbonyl (C=O) groups is 1. The van der Waals surface area contributed by atoms with E-state index in [-0.39, 0.29) is 11.9 Å². The summed E-state index contributed by atoms with van der Waals surface area (Å²) in [7, 11) is 1.70. The maximum Gasteiger partial charge on any atom is 0.243 e. The van der Waals surface area contributed by atoms with Crippen LogP contribution in [0.3, 0.4) is 0 Å². The van der Waals surface area contributed by atoms with Crippen molar-refractivity contribution in [2.24, 2.45) is 0 Å². The van der Waals surface area contributed by atoms with E-state index in [0.29, 0.717) is 11.0 Å². The third kappa shape index (κ3) is 3.91. The van der Waals surface area contributed by atoms with Gasteiger partial charge in [0.2, 0.25) is 5.91 Å². The highest BCUT2D eigenvalue weighted by Gasteiger charge is 2.28. The summed E-state index contributed by atoms with van der Waals surface area (Å²) in [5.74, 6) is 1.37. The van der Waals surface area contributed by atoms with Crippen LogP contribution in [0.4, 0.5) is 5.13 Å². The average molecular weight is 435 g/mol. The molecule has 1 aliphatic heterocycles. The van der Waals surface area contributed by atoms with Gasteiger partial charge in [0.05, 0.1) is 23.4 Å². The number of carbonyl (C=O) groups excluding carboxylic acids is 1. The number of nitrogens with one attached hydrogen (secondary N) is 2. The predicted octanol–water partition coefficient (Wildman–Crippen LogP) is 4.99. The predicted molar refractivity (Wildman–Crippen MR) is 126 cm³/mol. The number of rotatable bonds is 5. The van der Waals surface area contributed by atoms with Crippen molar-refractivity contribution in [3.8, 4) is 5.75 Å². The molecule has 7 heteroatoms. The molecule has 6 nitrogen and oxygen atoms in total. The molecule has 0 bridgehead atoms. The third-order valence-electron chi connectivity index (χ3n) is 6.34. The number of nitrogens with zero attached hydrogens (tertiary/aromatic N) is 2. The monoisotopic (exact) mass is 434 g/mol. The lowest BCUT2D eigenvalue weighted by Crippen LogP contribution is -2.45. The Morgan fingerprint density at radius 3 is 2.84 bits per heavy atom. The van der Waals surface area contributed by atoms with Crippen molar-refractivity contribution in [3.05, 3.63) is 54.2 Å². The van der Waals surface area contributed by atoms with E-state index in [4.69, 9.17) is 4.74 Å². The molecule has 1 unspecified atom stereocenters. The number of methoxy groups -OCH3 is 1. The molecule has 1 aliphatic rings. The first-order chi connectivity index (χ1) is 15.1. The van der Waals surface area contributed by atoms with Crippen molar-refractivity contribution in [1.82, 2.24) is 14.9 Å². The summed E-state index contributed by atoms with van der Waals surface area (Å²) in [4.78, 5) is 23.0. The molecule has 160 valence electrons. The summed E-state index contributed by atoms with van der Waals surface area (Å²) >= 11 is 1.52. The molecular weight excluding hydrogens is 408 g/mol. The van der Waals surface area contributed by atoms with Crippen LogP contribution < -0.4 is 10.1 Å². The molecule has 0 aliphatic carbocycles. The molecule has 5 rings (SSSR count). The van der Waals surface area contributed by atoms with Crippen LogP contribution in [-0.4, -0.2) is 47.0 Å². The SMILES string of the molecule is COc1ccc2[nH]cc(C3CCN(C(C)C(=O)Nc4nc5ccccc5s4)CC3)c2c1. The van der Waals surface area contributed by atoms with E-state index in [1.807, 2.05) is 37.3 Å². The summed E-state index contributed by atoms with van der Waals surface area (Å²) in [5, 5.41) is 4.91. The summed E-state index contributed by atoms with van der Waals surface area (Å²) in [6, 6.07) is 13.9. The van der Waals surface area contributed by atoms with Gasteiger partial charge in [-0.1, -0.05) is 23.5 Å². The molecule has 1 fully saturated rings. The Labute approximate surface area is 185 Å². The average Bonchev–Trinajstić information content (AvgIpc) is 3.41. The number of hydrogen-bond acceptors (Lipinski definition) is 5. The molecule has 1 saturated heterocycles. The second kappa shape index (κ2) is 8.32. The van der Waals surface area contributed by atoms with Crippen molar-refractivity contribution >= 4 is 43.5 Å². The van der Waals surface area contributed by atoms with Crippen molar-refractivity contribution in [1.29, 1.82) is 0 Å². The van der Waals surface area contributed by atoms with Crippen LogP contribution in [0.2, 0.25) is 0 Å². The zero-order valence-corrected chi connectivity index (χ0v) is 18.5. The normalized spacial score (nSPS) is 16.6. The summed E-state index contributed by atoms with van der Waals surface area (Å²) in [6.07, 6.45) is 4.19. The lowest BCUT2D eigenvalue weighted by atomic mass is 9.88. The van der Waals surface area contributed by atoms with Gasteiger partial charge in [-0.05, 0) is 74.7 Å². The van der Waals surface area contributed by atoms with E-state index >= 15 is 0 Å². The number of para-hydroxylation sites is 1. The van der Waals surface area contributed by atoms with E-state index < -0.39 is 0 Å². The molecule has 1 atom stereocenters. The van der Waals surface area contributed by atoms with Crippen LogP contribution >= 0.6 is 11.3 Å². The Bertz CT molecular complexity index is 1190. The Balaban J connectivity index is 1.23. The number of benzene rings is 2. The molecule has 0 saturated carbocycles. The van der Waals surface area contributed by atoms with Gasteiger partial charge in [0.15, 0.2) is 5.13 Å². The Morgan fingerprint density at radius 2 is 2.06 bits per heavy atom. The number of ether oxygens (including phenoxy) is 1. The molecule has 1 amide bonds. The van der Waals surface area contributed by atoms with Gasteiger partial charge in [0.1, 0.15) is 5.75 Å². The maximum atomic E-state index is 12.8. The number of H-pyrrole nitrogens is 1. The molecule has 0 radical (unpaired) electrons. The first-order valence-electron chi connectivity index (χ1n) is 10.7. The molecule has 3 heterocycles. The van der Waals surface area contributed by atoms with Gasteiger partial charge in [-0.15, -0.1) is 0 Å². The summed E-state index contributed by atoms with van der Waals surface area (Å²) in [6.45, 7) is 3.78. The number of aromatic nitrogens is 2. The lowest BCUT2D eigenvalue weighted by Gasteiger charge is -2.35. The Morgan fingerprint density at radius 1 is 1.26 bits per heavy atom. The molecule has 2 aromatic heterocycles. The first kappa shape index (κ1) is 20.0. The van der Waals surface area contributed by atoms with Crippen LogP contribution in [0.1, 0.15) is 31.2 Å². The maximum absolute atomic E-state index is 12.8. The van der Waals surface area contributed by atoms with Crippen LogP contribution in [-0.2, 0) is 4.79 Å². The fraction of sp³-hybridized carbons (Fsp3) is 0.333. The van der Waals surface area contributed by atoms with Gasteiger partial charge in [0, 0.05) is 17.1 Å². The van der Waals surface area contributed by atoms with E-state index in [2.05, 4.69) is 38.5 Å². The van der Waals surface area contributed by atoms with Gasteiger partial charge < -0.3 is 15.0 Å². The number of piperidine rings is 1. The highest BCUT2D eigenvalue weighted by Crippen LogP contribution is 2.35. The topological polar surface area (TPSA) is 70.2 Å². The van der Waals surface area contributed by atoms with Crippen molar-refractivity contribution in [3.63, 3.8) is 0 Å². The minimum atomic E-state index is -0.184. The van der Waals surface area contributed by atoms with Gasteiger partial charge in [-0.2, -0.15) is 0 Å². The number of amides is 1. The van der Waals surface area contributed by atoms with Crippen LogP contribution in [0.5, 0.6) is 5.75 Å². The second-order valence-corrected chi connectivity index (χ2v) is 9.15. The van der Waals surface area contributed by atoms with Crippen molar-refractivity contribution in [2.75, 3.05) is 25.5 Å². The minimum Gasteiger partial charge on any atom is -0.497 e. The van der Waals surface area contributed by atoms with Gasteiger partial charge in [-0.3, -0.25) is 9.69 Å². The standard InChI is InChI=1S/C24H26N4O2S/c1-15(23(29)27-24-26-21-5-3-4-6-22(21)31-24)28-11-9-16(10-12-28)19-14-25-20-8-7-17(30-2)13-18(19)20/h3-8,13-16,25H,9-12H2,1-2H3,(H,26,27,29). The number of likely N-dealkylation sites (tertiary alicyclic amines) is 1. The molecule has 2 N–H and O–H groups in total. The minimum absolute atomic E-state index is 0.00865. The van der Waals surface area contributed by atoms with Gasteiger partial charge in [0.25, 0.3) is 0 Å². The number of fused-ring (bicyclic) bond motifs is 2. The second-order valence-electron chi connectivity index (χ2n) is 8.12. The highest BCUT2D eigenvalue weighted by molar-refractivity contribution is 7.22. The number of hydrogen-bond donors (Lipinski definition) is 2. The number of anilines is 1. The smallest absolute Gasteiger partial charge is 0.243 e. The van der Waals surface area contributed by atoms with E-state index in [0.717, 1.165) is 47.4 Å². The van der Waals surface area contributed by atoms with Gasteiger partial charge >= 0.3 is 0 Å². The van der Waals surface area contributed by atoms with Crippen LogP contribution in [0.15, 0.2) is 48.7 Å². The molecule has 31 heavy (non-hydrogen) atoms. The molecule has 0 spiro atoms. The van der Waals surface area contributed by atoms with Crippen molar-refractivity contribution < 1.29 is 9.53 Å². The number of thiazole rings is 1. The van der Waals surface area contributed by atoms with E-state index in [1.54, 1.807) is 7.11 Å².